The number of carbonyl (C=O) groups excluding carboxylic acids is 3. The highest BCUT2D eigenvalue weighted by atomic mass is 35.5. The van der Waals surface area contributed by atoms with Crippen molar-refractivity contribution in [3.05, 3.63) is 152 Å². The van der Waals surface area contributed by atoms with Crippen molar-refractivity contribution >= 4 is 52.6 Å². The summed E-state index contributed by atoms with van der Waals surface area (Å²) in [6.07, 6.45) is 2.69. The normalized spacial score (nSPS) is 14.9. The number of nitrogen functional groups attached to an aromatic ring is 2. The summed E-state index contributed by atoms with van der Waals surface area (Å²) in [6.45, 7) is 12.7. The molecule has 6 aromatic rings. The van der Waals surface area contributed by atoms with E-state index in [0.717, 1.165) is 61.0 Å². The summed E-state index contributed by atoms with van der Waals surface area (Å²) >= 11 is 12.0. The van der Waals surface area contributed by atoms with E-state index in [1.54, 1.807) is 67.3 Å². The molecule has 2 fully saturated rings. The topological polar surface area (TPSA) is 193 Å². The maximum atomic E-state index is 12.7. The molecular weight excluding hydrogens is 932 g/mol. The molecule has 4 heterocycles. The van der Waals surface area contributed by atoms with E-state index < -0.39 is 23.6 Å². The number of piperidine rings is 2. The number of nitrogens with two attached hydrogens (primary N) is 2. The zero-order valence-electron chi connectivity index (χ0n) is 40.3. The molecule has 2 aliphatic rings. The second kappa shape index (κ2) is 23.1. The Bertz CT molecular complexity index is 2750. The summed E-state index contributed by atoms with van der Waals surface area (Å²) in [5, 5.41) is 16.1. The number of esters is 2. The number of carbonyl (C=O) groups is 3. The molecule has 0 aliphatic carbocycles. The number of furan rings is 2. The molecule has 8 rings (SSSR count). The maximum Gasteiger partial charge on any atom is 0.410 e. The van der Waals surface area contributed by atoms with E-state index in [1.807, 2.05) is 57.2 Å². The molecule has 0 saturated carbocycles. The van der Waals surface area contributed by atoms with Gasteiger partial charge in [-0.1, -0.05) is 47.5 Å². The number of nitrogens with one attached hydrogen (secondary N) is 1. The number of benzene rings is 4. The number of halogens is 2. The number of anilines is 2. The molecule has 0 spiro atoms. The predicted molar refractivity (Wildman–Crippen MR) is 273 cm³/mol. The fourth-order valence-electron chi connectivity index (χ4n) is 8.77. The molecule has 1 amide bonds. The predicted octanol–water partition coefficient (Wildman–Crippen LogP) is 12.0. The van der Waals surface area contributed by atoms with E-state index in [-0.39, 0.29) is 42.3 Å². The molecule has 2 aliphatic heterocycles. The Morgan fingerprint density at radius 3 is 1.77 bits per heavy atom. The smallest absolute Gasteiger partial charge is 0.410 e. The van der Waals surface area contributed by atoms with Crippen LogP contribution in [0.2, 0.25) is 10.0 Å². The number of aliphatic hydroxyl groups is 1. The number of amides is 1. The quantitative estimate of drug-likeness (QED) is 0.0516. The molecule has 6 N–H and O–H groups in total. The minimum Gasteiger partial charge on any atom is -0.460 e. The fraction of sp³-hybridized carbons (Fsp3) is 0.364. The van der Waals surface area contributed by atoms with E-state index >= 15 is 0 Å². The number of ether oxygens (including phenoxy) is 3. The zero-order valence-corrected chi connectivity index (χ0v) is 41.8. The summed E-state index contributed by atoms with van der Waals surface area (Å²) in [6, 6.07) is 29.7. The van der Waals surface area contributed by atoms with Crippen LogP contribution >= 0.6 is 23.2 Å². The highest BCUT2D eigenvalue weighted by Gasteiger charge is 2.31. The van der Waals surface area contributed by atoms with Crippen molar-refractivity contribution in [3.8, 4) is 22.6 Å². The van der Waals surface area contributed by atoms with Crippen LogP contribution in [-0.2, 0) is 20.6 Å². The lowest BCUT2D eigenvalue weighted by Crippen LogP contribution is -2.41. The third kappa shape index (κ3) is 12.9. The van der Waals surface area contributed by atoms with Gasteiger partial charge in [-0.05, 0) is 175 Å². The Kier molecular flexibility index (Phi) is 17.0. The van der Waals surface area contributed by atoms with Crippen LogP contribution in [0.5, 0.6) is 0 Å². The third-order valence-electron chi connectivity index (χ3n) is 12.4. The van der Waals surface area contributed by atoms with E-state index in [0.29, 0.717) is 69.5 Å². The molecule has 0 radical (unpaired) electrons. The summed E-state index contributed by atoms with van der Waals surface area (Å²) < 4.78 is 27.8. The van der Waals surface area contributed by atoms with Crippen molar-refractivity contribution in [2.24, 2.45) is 0 Å². The van der Waals surface area contributed by atoms with Crippen LogP contribution in [0.15, 0.2) is 106 Å². The molecule has 15 heteroatoms. The number of rotatable bonds is 12. The lowest BCUT2D eigenvalue weighted by atomic mass is 9.87. The Morgan fingerprint density at radius 2 is 1.20 bits per heavy atom. The summed E-state index contributed by atoms with van der Waals surface area (Å²) in [4.78, 5) is 39.5. The van der Waals surface area contributed by atoms with Crippen LogP contribution in [0.25, 0.3) is 22.6 Å². The van der Waals surface area contributed by atoms with Crippen molar-refractivity contribution in [3.63, 3.8) is 0 Å². The van der Waals surface area contributed by atoms with Gasteiger partial charge < -0.3 is 49.8 Å². The van der Waals surface area contributed by atoms with E-state index in [4.69, 9.17) is 57.7 Å². The second-order valence-electron chi connectivity index (χ2n) is 18.5. The molecule has 1 unspecified atom stereocenters. The monoisotopic (exact) mass is 992 g/mol. The Labute approximate surface area is 419 Å². The van der Waals surface area contributed by atoms with E-state index in [2.05, 4.69) is 17.4 Å². The van der Waals surface area contributed by atoms with Crippen LogP contribution in [0.3, 0.4) is 0 Å². The molecular formula is C55H62Cl2N4O9. The number of hydrogen-bond donors (Lipinski definition) is 4. The van der Waals surface area contributed by atoms with Crippen molar-refractivity contribution in [1.82, 2.24) is 10.2 Å². The van der Waals surface area contributed by atoms with Gasteiger partial charge in [-0.25, -0.2) is 14.4 Å². The van der Waals surface area contributed by atoms with Gasteiger partial charge in [0, 0.05) is 68.7 Å². The molecule has 4 aromatic carbocycles. The first-order chi connectivity index (χ1) is 33.5. The minimum absolute atomic E-state index is 0.0789. The average Bonchev–Trinajstić information content (AvgIpc) is 3.99. The van der Waals surface area contributed by atoms with E-state index in [1.165, 1.54) is 5.56 Å². The first-order valence-electron chi connectivity index (χ1n) is 23.8. The highest BCUT2D eigenvalue weighted by molar-refractivity contribution is 6.31. The molecule has 370 valence electrons. The summed E-state index contributed by atoms with van der Waals surface area (Å²) in [7, 11) is 0. The van der Waals surface area contributed by atoms with Crippen LogP contribution < -0.4 is 16.8 Å². The molecule has 70 heavy (non-hydrogen) atoms. The lowest BCUT2D eigenvalue weighted by molar-refractivity contribution is 0.0204. The van der Waals surface area contributed by atoms with Gasteiger partial charge in [-0.3, -0.25) is 0 Å². The zero-order chi connectivity index (χ0) is 50.1. The molecule has 0 bridgehead atoms. The van der Waals surface area contributed by atoms with Crippen LogP contribution in [-0.4, -0.2) is 73.0 Å². The van der Waals surface area contributed by atoms with Gasteiger partial charge in [-0.2, -0.15) is 0 Å². The molecule has 1 atom stereocenters. The lowest BCUT2D eigenvalue weighted by Gasteiger charge is -2.34. The largest absolute Gasteiger partial charge is 0.460 e. The second-order valence-corrected chi connectivity index (χ2v) is 19.4. The SMILES string of the molecule is CCOC(=O)c1oc(-c2ccc(Cl)cc2)cc1C(O)c1cc(C2CCN(C(=O)OC(C)(C)C)CC2)ccc1N.CCOC(=O)c1oc(-c2ccc(Cl)cc2)cc1Cc1cc(C2CCNCC2)ccc1N. The van der Waals surface area contributed by atoms with Gasteiger partial charge in [0.1, 0.15) is 23.2 Å². The molecule has 13 nitrogen and oxygen atoms in total. The van der Waals surface area contributed by atoms with Gasteiger partial charge in [0.05, 0.1) is 13.2 Å². The molecule has 2 saturated heterocycles. The van der Waals surface area contributed by atoms with Gasteiger partial charge >= 0.3 is 18.0 Å². The number of hydrogen-bond acceptors (Lipinski definition) is 12. The van der Waals surface area contributed by atoms with Crippen LogP contribution in [0, 0.1) is 0 Å². The molecule has 2 aromatic heterocycles. The highest BCUT2D eigenvalue weighted by Crippen LogP contribution is 2.39. The van der Waals surface area contributed by atoms with Crippen LogP contribution in [0.1, 0.15) is 133 Å². The number of aliphatic hydroxyl groups excluding tert-OH is 1. The number of nitrogens with zero attached hydrogens (tertiary/aromatic N) is 1. The van der Waals surface area contributed by atoms with Crippen molar-refractivity contribution in [2.45, 2.75) is 90.3 Å². The average molecular weight is 994 g/mol. The minimum atomic E-state index is -1.23. The maximum absolute atomic E-state index is 12.7. The number of likely N-dealkylation sites (tertiary alicyclic amines) is 1. The fourth-order valence-corrected chi connectivity index (χ4v) is 9.03. The van der Waals surface area contributed by atoms with Gasteiger partial charge in [0.15, 0.2) is 0 Å². The van der Waals surface area contributed by atoms with Gasteiger partial charge in [0.2, 0.25) is 11.5 Å². The Morgan fingerprint density at radius 1 is 0.686 bits per heavy atom. The van der Waals surface area contributed by atoms with Crippen molar-refractivity contribution in [1.29, 1.82) is 0 Å². The summed E-state index contributed by atoms with van der Waals surface area (Å²) in [5.74, 6) is 0.702. The van der Waals surface area contributed by atoms with E-state index in [9.17, 15) is 19.5 Å². The van der Waals surface area contributed by atoms with Crippen LogP contribution in [0.4, 0.5) is 16.2 Å². The third-order valence-corrected chi connectivity index (χ3v) is 12.9. The van der Waals surface area contributed by atoms with Gasteiger partial charge in [0.25, 0.3) is 0 Å². The standard InChI is InChI=1S/C30H35ClN2O6.C25H27ClN2O3/c1-5-37-28(35)27-23(17-25(38-27)19-6-9-21(31)10-7-19)26(34)22-16-20(8-11-24(22)32)18-12-14-33(15-13-18)29(36)39-30(2,3)4;1-2-30-25(29)24-20(15-23(31-24)17-3-6-21(26)7-4-17)14-19-13-18(5-8-22(19)27)16-9-11-28-12-10-16/h6-11,16-18,26,34H,5,12-15,32H2,1-4H3;3-8,13,15-16,28H,2,9-12,14,27H2,1H3. The van der Waals surface area contributed by atoms with Crippen molar-refractivity contribution < 1.29 is 42.5 Å². The Balaban J connectivity index is 0.000000212. The first-order valence-corrected chi connectivity index (χ1v) is 24.5. The Hall–Kier alpha value is -6.25. The summed E-state index contributed by atoms with van der Waals surface area (Å²) in [5.41, 5.74) is 19.5. The first kappa shape index (κ1) is 51.6. The van der Waals surface area contributed by atoms with Crippen molar-refractivity contribution in [2.75, 3.05) is 50.9 Å². The van der Waals surface area contributed by atoms with Gasteiger partial charge in [-0.15, -0.1) is 0 Å².